The highest BCUT2D eigenvalue weighted by Crippen LogP contribution is 2.34. The van der Waals surface area contributed by atoms with E-state index >= 15 is 0 Å². The van der Waals surface area contributed by atoms with Crippen molar-refractivity contribution in [2.24, 2.45) is 5.41 Å². The second-order valence-electron chi connectivity index (χ2n) is 4.84. The molecule has 17 heavy (non-hydrogen) atoms. The van der Waals surface area contributed by atoms with E-state index in [0.717, 1.165) is 30.0 Å². The first-order valence-corrected chi connectivity index (χ1v) is 6.99. The summed E-state index contributed by atoms with van der Waals surface area (Å²) in [5, 5.41) is 0. The highest BCUT2D eigenvalue weighted by atomic mass is 79.9. The minimum absolute atomic E-state index is 0.267. The van der Waals surface area contributed by atoms with Gasteiger partial charge in [0, 0.05) is 4.47 Å². The van der Waals surface area contributed by atoms with Gasteiger partial charge in [0.2, 0.25) is 0 Å². The number of rotatable bonds is 6. The zero-order valence-corrected chi connectivity index (χ0v) is 11.8. The Hall–Kier alpha value is -0.540. The van der Waals surface area contributed by atoms with E-state index in [-0.39, 0.29) is 5.41 Å². The third-order valence-corrected chi connectivity index (χ3v) is 3.76. The monoisotopic (exact) mass is 298 g/mol. The van der Waals surface area contributed by atoms with Crippen LogP contribution in [-0.4, -0.2) is 19.8 Å². The lowest BCUT2D eigenvalue weighted by atomic mass is 9.82. The Morgan fingerprint density at radius 1 is 1.29 bits per heavy atom. The van der Waals surface area contributed by atoms with E-state index in [1.54, 1.807) is 0 Å². The van der Waals surface area contributed by atoms with Crippen LogP contribution in [0.4, 0.5) is 0 Å². The van der Waals surface area contributed by atoms with Crippen molar-refractivity contribution >= 4 is 15.9 Å². The maximum atomic E-state index is 5.86. The zero-order valence-electron chi connectivity index (χ0n) is 10.2. The molecule has 0 aliphatic carbocycles. The van der Waals surface area contributed by atoms with Gasteiger partial charge in [0.15, 0.2) is 0 Å². The van der Waals surface area contributed by atoms with Gasteiger partial charge in [0.25, 0.3) is 0 Å². The Labute approximate surface area is 111 Å². The highest BCUT2D eigenvalue weighted by Gasteiger charge is 2.38. The molecule has 0 aromatic heterocycles. The van der Waals surface area contributed by atoms with E-state index in [1.165, 1.54) is 19.3 Å². The van der Waals surface area contributed by atoms with E-state index in [4.69, 9.17) is 9.47 Å². The molecule has 1 aromatic rings. The predicted octanol–water partition coefficient (Wildman–Crippen LogP) is 4.03. The van der Waals surface area contributed by atoms with Gasteiger partial charge in [-0.3, -0.25) is 0 Å². The van der Waals surface area contributed by atoms with Crippen molar-refractivity contribution in [2.75, 3.05) is 19.8 Å². The number of hydrogen-bond acceptors (Lipinski definition) is 2. The van der Waals surface area contributed by atoms with Crippen LogP contribution in [0.3, 0.4) is 0 Å². The summed E-state index contributed by atoms with van der Waals surface area (Å²) in [4.78, 5) is 0. The third kappa shape index (κ3) is 3.46. The van der Waals surface area contributed by atoms with E-state index in [9.17, 15) is 0 Å². The van der Waals surface area contributed by atoms with Crippen LogP contribution in [0.5, 0.6) is 5.75 Å². The molecule has 1 saturated heterocycles. The molecule has 2 rings (SSSR count). The van der Waals surface area contributed by atoms with Crippen molar-refractivity contribution in [3.8, 4) is 5.75 Å². The van der Waals surface area contributed by atoms with Crippen molar-refractivity contribution < 1.29 is 9.47 Å². The standard InChI is InChI=1S/C14H19BrO2/c1-2-3-8-14(9-16-10-14)11-17-13-6-4-12(15)5-7-13/h4-7H,2-3,8-11H2,1H3. The van der Waals surface area contributed by atoms with Gasteiger partial charge in [-0.25, -0.2) is 0 Å². The summed E-state index contributed by atoms with van der Waals surface area (Å²) in [7, 11) is 0. The van der Waals surface area contributed by atoms with Crippen molar-refractivity contribution in [2.45, 2.75) is 26.2 Å². The predicted molar refractivity (Wildman–Crippen MR) is 72.4 cm³/mol. The van der Waals surface area contributed by atoms with E-state index in [2.05, 4.69) is 22.9 Å². The highest BCUT2D eigenvalue weighted by molar-refractivity contribution is 9.10. The summed E-state index contributed by atoms with van der Waals surface area (Å²) in [5.41, 5.74) is 0.267. The summed E-state index contributed by atoms with van der Waals surface area (Å²) < 4.78 is 12.3. The first-order chi connectivity index (χ1) is 8.24. The Morgan fingerprint density at radius 2 is 2.00 bits per heavy atom. The van der Waals surface area contributed by atoms with Gasteiger partial charge in [0.1, 0.15) is 5.75 Å². The Balaban J connectivity index is 1.85. The molecule has 0 amide bonds. The summed E-state index contributed by atoms with van der Waals surface area (Å²) in [6.45, 7) is 4.70. The van der Waals surface area contributed by atoms with Gasteiger partial charge < -0.3 is 9.47 Å². The quantitative estimate of drug-likeness (QED) is 0.789. The number of hydrogen-bond donors (Lipinski definition) is 0. The van der Waals surface area contributed by atoms with Crippen LogP contribution < -0.4 is 4.74 Å². The van der Waals surface area contributed by atoms with Crippen LogP contribution in [0.1, 0.15) is 26.2 Å². The molecule has 1 aliphatic rings. The summed E-state index contributed by atoms with van der Waals surface area (Å²) >= 11 is 3.42. The number of halogens is 1. The molecule has 94 valence electrons. The van der Waals surface area contributed by atoms with Gasteiger partial charge in [-0.15, -0.1) is 0 Å². The van der Waals surface area contributed by atoms with Crippen LogP contribution in [0.2, 0.25) is 0 Å². The van der Waals surface area contributed by atoms with E-state index < -0.39 is 0 Å². The van der Waals surface area contributed by atoms with Crippen LogP contribution in [0.25, 0.3) is 0 Å². The third-order valence-electron chi connectivity index (χ3n) is 3.24. The van der Waals surface area contributed by atoms with Gasteiger partial charge in [-0.2, -0.15) is 0 Å². The molecular formula is C14H19BrO2. The molecule has 2 nitrogen and oxygen atoms in total. The Bertz CT molecular complexity index is 344. The van der Waals surface area contributed by atoms with Crippen LogP contribution in [0.15, 0.2) is 28.7 Å². The number of benzene rings is 1. The van der Waals surface area contributed by atoms with Gasteiger partial charge in [-0.05, 0) is 30.7 Å². The average molecular weight is 299 g/mol. The van der Waals surface area contributed by atoms with Crippen molar-refractivity contribution in [1.82, 2.24) is 0 Å². The average Bonchev–Trinajstić information content (AvgIpc) is 2.30. The molecule has 0 spiro atoms. The minimum atomic E-state index is 0.267. The van der Waals surface area contributed by atoms with Crippen molar-refractivity contribution in [3.63, 3.8) is 0 Å². The second-order valence-corrected chi connectivity index (χ2v) is 5.75. The van der Waals surface area contributed by atoms with Gasteiger partial charge in [0.05, 0.1) is 25.2 Å². The molecule has 3 heteroatoms. The fraction of sp³-hybridized carbons (Fsp3) is 0.571. The van der Waals surface area contributed by atoms with Gasteiger partial charge in [-0.1, -0.05) is 35.7 Å². The maximum Gasteiger partial charge on any atom is 0.119 e. The van der Waals surface area contributed by atoms with Gasteiger partial charge >= 0.3 is 0 Å². The summed E-state index contributed by atoms with van der Waals surface area (Å²) in [6, 6.07) is 8.00. The molecule has 0 atom stereocenters. The first kappa shape index (κ1) is 12.9. The van der Waals surface area contributed by atoms with Crippen LogP contribution in [-0.2, 0) is 4.74 Å². The fourth-order valence-electron chi connectivity index (χ4n) is 2.01. The molecule has 1 fully saturated rings. The zero-order chi connectivity index (χ0) is 12.1. The van der Waals surface area contributed by atoms with Crippen molar-refractivity contribution in [1.29, 1.82) is 0 Å². The van der Waals surface area contributed by atoms with Crippen LogP contribution >= 0.6 is 15.9 Å². The molecule has 0 bridgehead atoms. The normalized spacial score (nSPS) is 17.5. The molecular weight excluding hydrogens is 280 g/mol. The molecule has 1 aromatic carbocycles. The summed E-state index contributed by atoms with van der Waals surface area (Å²) in [6.07, 6.45) is 3.70. The lowest BCUT2D eigenvalue weighted by Gasteiger charge is -2.41. The molecule has 0 radical (unpaired) electrons. The minimum Gasteiger partial charge on any atom is -0.493 e. The lowest BCUT2D eigenvalue weighted by Crippen LogP contribution is -2.47. The maximum absolute atomic E-state index is 5.86. The second kappa shape index (κ2) is 5.87. The largest absolute Gasteiger partial charge is 0.493 e. The van der Waals surface area contributed by atoms with E-state index in [1.807, 2.05) is 24.3 Å². The van der Waals surface area contributed by atoms with Crippen molar-refractivity contribution in [3.05, 3.63) is 28.7 Å². The molecule has 0 saturated carbocycles. The van der Waals surface area contributed by atoms with E-state index in [0.29, 0.717) is 0 Å². The first-order valence-electron chi connectivity index (χ1n) is 6.20. The topological polar surface area (TPSA) is 18.5 Å². The molecule has 1 aliphatic heterocycles. The Kier molecular flexibility index (Phi) is 4.46. The smallest absolute Gasteiger partial charge is 0.119 e. The molecule has 0 N–H and O–H groups in total. The fourth-order valence-corrected chi connectivity index (χ4v) is 2.27. The Morgan fingerprint density at radius 3 is 2.53 bits per heavy atom. The number of unbranched alkanes of at least 4 members (excludes halogenated alkanes) is 1. The lowest BCUT2D eigenvalue weighted by molar-refractivity contribution is -0.136. The SMILES string of the molecule is CCCCC1(COc2ccc(Br)cc2)COC1. The molecule has 0 unspecified atom stereocenters. The summed E-state index contributed by atoms with van der Waals surface area (Å²) in [5.74, 6) is 0.941. The number of ether oxygens (including phenoxy) is 2. The molecule has 1 heterocycles. The van der Waals surface area contributed by atoms with Crippen LogP contribution in [0, 0.1) is 5.41 Å².